The molecule has 1 N–H and O–H groups in total. The second-order valence-electron chi connectivity index (χ2n) is 5.26. The molecule has 3 aromatic rings. The zero-order chi connectivity index (χ0) is 19.1. The molecule has 2 aromatic carbocycles. The first-order valence-electron chi connectivity index (χ1n) is 7.96. The zero-order valence-electron chi connectivity index (χ0n) is 14.4. The second kappa shape index (κ2) is 9.64. The van der Waals surface area contributed by atoms with E-state index in [0.717, 1.165) is 9.92 Å². The van der Waals surface area contributed by atoms with Crippen LogP contribution in [0.1, 0.15) is 0 Å². The highest BCUT2D eigenvalue weighted by Gasteiger charge is 2.12. The first kappa shape index (κ1) is 19.5. The van der Waals surface area contributed by atoms with E-state index in [1.54, 1.807) is 37.7 Å². The Balaban J connectivity index is 1.65. The quantitative estimate of drug-likeness (QED) is 0.544. The molecule has 0 saturated heterocycles. The SMILES string of the molecule is COc1ccc(Cl)cc1NC(=O)CSc1nccnc1Sc1ccccc1. The minimum Gasteiger partial charge on any atom is -0.495 e. The maximum Gasteiger partial charge on any atom is 0.234 e. The van der Waals surface area contributed by atoms with Gasteiger partial charge in [0.1, 0.15) is 15.8 Å². The van der Waals surface area contributed by atoms with Crippen LogP contribution in [-0.4, -0.2) is 28.7 Å². The summed E-state index contributed by atoms with van der Waals surface area (Å²) in [6.45, 7) is 0. The molecule has 0 aliphatic carbocycles. The summed E-state index contributed by atoms with van der Waals surface area (Å²) in [5.74, 6) is 0.566. The standard InChI is InChI=1S/C19H16ClN3O2S2/c1-25-16-8-7-13(20)11-15(16)23-17(24)12-26-18-19(22-10-9-21-18)27-14-5-3-2-4-6-14/h2-11H,12H2,1H3,(H,23,24). The number of hydrogen-bond donors (Lipinski definition) is 1. The van der Waals surface area contributed by atoms with Gasteiger partial charge in [0.2, 0.25) is 5.91 Å². The summed E-state index contributed by atoms with van der Waals surface area (Å²) in [4.78, 5) is 22.2. The average molecular weight is 418 g/mol. The van der Waals surface area contributed by atoms with Gasteiger partial charge in [0.15, 0.2) is 0 Å². The number of thioether (sulfide) groups is 1. The van der Waals surface area contributed by atoms with E-state index in [9.17, 15) is 4.79 Å². The molecule has 0 atom stereocenters. The van der Waals surface area contributed by atoms with Crippen LogP contribution in [0.3, 0.4) is 0 Å². The Kier molecular flexibility index (Phi) is 6.98. The molecule has 0 aliphatic heterocycles. The van der Waals surface area contributed by atoms with Crippen molar-refractivity contribution in [3.05, 3.63) is 65.9 Å². The second-order valence-corrected chi connectivity index (χ2v) is 7.73. The molecular weight excluding hydrogens is 402 g/mol. The van der Waals surface area contributed by atoms with Crippen molar-refractivity contribution < 1.29 is 9.53 Å². The molecule has 27 heavy (non-hydrogen) atoms. The molecule has 0 fully saturated rings. The fraction of sp³-hybridized carbons (Fsp3) is 0.105. The largest absolute Gasteiger partial charge is 0.495 e. The van der Waals surface area contributed by atoms with E-state index in [2.05, 4.69) is 15.3 Å². The first-order valence-corrected chi connectivity index (χ1v) is 10.1. The average Bonchev–Trinajstić information content (AvgIpc) is 2.68. The lowest BCUT2D eigenvalue weighted by atomic mass is 10.3. The van der Waals surface area contributed by atoms with Crippen LogP contribution in [0, 0.1) is 0 Å². The topological polar surface area (TPSA) is 64.1 Å². The third-order valence-electron chi connectivity index (χ3n) is 3.37. The number of halogens is 1. The summed E-state index contributed by atoms with van der Waals surface area (Å²) >= 11 is 8.84. The van der Waals surface area contributed by atoms with Gasteiger partial charge in [-0.25, -0.2) is 9.97 Å². The number of benzene rings is 2. The fourth-order valence-electron chi connectivity index (χ4n) is 2.18. The van der Waals surface area contributed by atoms with Crippen molar-refractivity contribution >= 4 is 46.7 Å². The van der Waals surface area contributed by atoms with E-state index in [1.807, 2.05) is 30.3 Å². The van der Waals surface area contributed by atoms with Crippen molar-refractivity contribution in [2.24, 2.45) is 0 Å². The molecule has 0 aliphatic rings. The van der Waals surface area contributed by atoms with E-state index in [-0.39, 0.29) is 11.7 Å². The van der Waals surface area contributed by atoms with Crippen LogP contribution in [0.5, 0.6) is 5.75 Å². The summed E-state index contributed by atoms with van der Waals surface area (Å²) in [5.41, 5.74) is 0.536. The van der Waals surface area contributed by atoms with E-state index in [1.165, 1.54) is 23.5 Å². The number of nitrogens with one attached hydrogen (secondary N) is 1. The predicted octanol–water partition coefficient (Wildman–Crippen LogP) is 5.02. The van der Waals surface area contributed by atoms with Crippen molar-refractivity contribution in [1.29, 1.82) is 0 Å². The molecule has 1 amide bonds. The number of carbonyl (C=O) groups is 1. The Hall–Kier alpha value is -2.22. The van der Waals surface area contributed by atoms with Crippen LogP contribution in [0.25, 0.3) is 0 Å². The molecule has 0 unspecified atom stereocenters. The Labute approximate surface area is 170 Å². The Morgan fingerprint density at radius 1 is 1.11 bits per heavy atom. The highest BCUT2D eigenvalue weighted by molar-refractivity contribution is 8.02. The van der Waals surface area contributed by atoms with Gasteiger partial charge < -0.3 is 10.1 Å². The summed E-state index contributed by atoms with van der Waals surface area (Å²) in [6.07, 6.45) is 3.27. The number of methoxy groups -OCH3 is 1. The van der Waals surface area contributed by atoms with Crippen molar-refractivity contribution in [2.75, 3.05) is 18.2 Å². The number of hydrogen-bond acceptors (Lipinski definition) is 6. The van der Waals surface area contributed by atoms with Gasteiger partial charge in [-0.1, -0.05) is 53.3 Å². The third-order valence-corrected chi connectivity index (χ3v) is 5.71. The maximum absolute atomic E-state index is 12.3. The Morgan fingerprint density at radius 3 is 2.59 bits per heavy atom. The molecule has 8 heteroatoms. The van der Waals surface area contributed by atoms with E-state index >= 15 is 0 Å². The lowest BCUT2D eigenvalue weighted by molar-refractivity contribution is -0.113. The molecule has 3 rings (SSSR count). The monoisotopic (exact) mass is 417 g/mol. The minimum absolute atomic E-state index is 0.179. The molecule has 0 spiro atoms. The van der Waals surface area contributed by atoms with Crippen LogP contribution in [-0.2, 0) is 4.79 Å². The van der Waals surface area contributed by atoms with Crippen LogP contribution in [0.2, 0.25) is 5.02 Å². The van der Waals surface area contributed by atoms with Gasteiger partial charge in [0.25, 0.3) is 0 Å². The first-order chi connectivity index (χ1) is 13.2. The van der Waals surface area contributed by atoms with Gasteiger partial charge in [0, 0.05) is 22.3 Å². The zero-order valence-corrected chi connectivity index (χ0v) is 16.8. The number of ether oxygens (including phenoxy) is 1. The minimum atomic E-state index is -0.179. The van der Waals surface area contributed by atoms with E-state index in [0.29, 0.717) is 21.5 Å². The lowest BCUT2D eigenvalue weighted by Crippen LogP contribution is -2.15. The van der Waals surface area contributed by atoms with Gasteiger partial charge in [-0.2, -0.15) is 0 Å². The molecule has 0 saturated carbocycles. The molecule has 1 heterocycles. The number of rotatable bonds is 7. The maximum atomic E-state index is 12.3. The van der Waals surface area contributed by atoms with Crippen LogP contribution in [0.4, 0.5) is 5.69 Å². The number of nitrogens with zero attached hydrogens (tertiary/aromatic N) is 2. The number of amides is 1. The van der Waals surface area contributed by atoms with Gasteiger partial charge in [0.05, 0.1) is 18.6 Å². The Morgan fingerprint density at radius 2 is 1.85 bits per heavy atom. The number of aromatic nitrogens is 2. The van der Waals surface area contributed by atoms with Crippen LogP contribution >= 0.6 is 35.1 Å². The van der Waals surface area contributed by atoms with Gasteiger partial charge in [-0.15, -0.1) is 0 Å². The van der Waals surface area contributed by atoms with Gasteiger partial charge >= 0.3 is 0 Å². The van der Waals surface area contributed by atoms with Crippen LogP contribution < -0.4 is 10.1 Å². The predicted molar refractivity (Wildman–Crippen MR) is 110 cm³/mol. The summed E-state index contributed by atoms with van der Waals surface area (Å²) in [7, 11) is 1.54. The van der Waals surface area contributed by atoms with Gasteiger partial charge in [-0.3, -0.25) is 4.79 Å². The summed E-state index contributed by atoms with van der Waals surface area (Å²) < 4.78 is 5.24. The summed E-state index contributed by atoms with van der Waals surface area (Å²) in [6, 6.07) is 15.0. The molecule has 0 radical (unpaired) electrons. The van der Waals surface area contributed by atoms with E-state index < -0.39 is 0 Å². The number of carbonyl (C=O) groups excluding carboxylic acids is 1. The molecule has 5 nitrogen and oxygen atoms in total. The number of anilines is 1. The normalized spacial score (nSPS) is 10.4. The fourth-order valence-corrected chi connectivity index (χ4v) is 4.08. The Bertz CT molecular complexity index is 926. The van der Waals surface area contributed by atoms with Gasteiger partial charge in [-0.05, 0) is 30.3 Å². The van der Waals surface area contributed by atoms with Crippen molar-refractivity contribution in [3.8, 4) is 5.75 Å². The third kappa shape index (κ3) is 5.63. The highest BCUT2D eigenvalue weighted by atomic mass is 35.5. The highest BCUT2D eigenvalue weighted by Crippen LogP contribution is 2.33. The molecule has 138 valence electrons. The smallest absolute Gasteiger partial charge is 0.234 e. The lowest BCUT2D eigenvalue weighted by Gasteiger charge is -2.11. The van der Waals surface area contributed by atoms with Crippen molar-refractivity contribution in [1.82, 2.24) is 9.97 Å². The molecular formula is C19H16ClN3O2S2. The van der Waals surface area contributed by atoms with Crippen LogP contribution in [0.15, 0.2) is 75.9 Å². The molecule has 0 bridgehead atoms. The molecule has 1 aromatic heterocycles. The summed E-state index contributed by atoms with van der Waals surface area (Å²) in [5, 5.41) is 4.81. The van der Waals surface area contributed by atoms with Crippen molar-refractivity contribution in [3.63, 3.8) is 0 Å². The van der Waals surface area contributed by atoms with E-state index in [4.69, 9.17) is 16.3 Å². The van der Waals surface area contributed by atoms with Crippen molar-refractivity contribution in [2.45, 2.75) is 14.9 Å².